The van der Waals surface area contributed by atoms with Gasteiger partial charge in [0.05, 0.1) is 0 Å². The highest BCUT2D eigenvalue weighted by Gasteiger charge is 2.37. The lowest BCUT2D eigenvalue weighted by atomic mass is 10.0. The molecule has 0 heterocycles. The quantitative estimate of drug-likeness (QED) is 0.549. The van der Waals surface area contributed by atoms with E-state index in [1.807, 2.05) is 0 Å². The molecule has 5 heteroatoms. The second kappa shape index (κ2) is 5.39. The molecule has 1 rings (SSSR count). The highest BCUT2D eigenvalue weighted by Crippen LogP contribution is 2.55. The van der Waals surface area contributed by atoms with Crippen LogP contribution in [0.25, 0.3) is 0 Å². The molecule has 0 saturated carbocycles. The predicted molar refractivity (Wildman–Crippen MR) is 62.5 cm³/mol. The molecule has 0 bridgehead atoms. The van der Waals surface area contributed by atoms with Crippen LogP contribution in [-0.4, -0.2) is 25.7 Å². The van der Waals surface area contributed by atoms with Crippen LogP contribution in [0.3, 0.4) is 0 Å². The van der Waals surface area contributed by atoms with Gasteiger partial charge in [0.15, 0.2) is 5.78 Å². The van der Waals surface area contributed by atoms with Crippen LogP contribution in [0.5, 0.6) is 0 Å². The SMILES string of the molecule is C=CC(C1=CC=CCC1=O)P(=O)(OC)OC. The Labute approximate surface area is 95.2 Å². The third kappa shape index (κ3) is 2.40. The van der Waals surface area contributed by atoms with Crippen LogP contribution in [0, 0.1) is 0 Å². The number of hydrogen-bond donors (Lipinski definition) is 0. The average Bonchev–Trinajstić information content (AvgIpc) is 2.32. The Hall–Kier alpha value is -0.960. The number of ketones is 1. The van der Waals surface area contributed by atoms with Gasteiger partial charge in [-0.3, -0.25) is 9.36 Å². The summed E-state index contributed by atoms with van der Waals surface area (Å²) >= 11 is 0. The molecule has 0 N–H and O–H groups in total. The fraction of sp³-hybridized carbons (Fsp3) is 0.364. The number of allylic oxidation sites excluding steroid dienone is 5. The summed E-state index contributed by atoms with van der Waals surface area (Å²) in [6, 6.07) is 0. The van der Waals surface area contributed by atoms with Gasteiger partial charge in [0.25, 0.3) is 0 Å². The number of rotatable bonds is 5. The maximum Gasteiger partial charge on any atom is 0.341 e. The van der Waals surface area contributed by atoms with E-state index in [0.717, 1.165) is 0 Å². The first-order chi connectivity index (χ1) is 7.59. The van der Waals surface area contributed by atoms with Gasteiger partial charge >= 0.3 is 7.60 Å². The van der Waals surface area contributed by atoms with Crippen molar-refractivity contribution in [3.63, 3.8) is 0 Å². The molecule has 1 aliphatic carbocycles. The van der Waals surface area contributed by atoms with Crippen molar-refractivity contribution in [3.05, 3.63) is 36.5 Å². The number of Topliss-reactive ketones (excluding diaryl/α,β-unsaturated/α-hetero) is 1. The van der Waals surface area contributed by atoms with Gasteiger partial charge in [0.1, 0.15) is 5.66 Å². The molecule has 4 nitrogen and oxygen atoms in total. The first-order valence-electron chi connectivity index (χ1n) is 4.82. The first kappa shape index (κ1) is 13.1. The third-order valence-electron chi connectivity index (χ3n) is 2.43. The molecule has 0 aromatic rings. The molecule has 0 aromatic heterocycles. The first-order valence-corrected chi connectivity index (χ1v) is 6.44. The summed E-state index contributed by atoms with van der Waals surface area (Å²) in [7, 11) is -0.746. The smallest absolute Gasteiger partial charge is 0.311 e. The minimum absolute atomic E-state index is 0.0817. The average molecular weight is 242 g/mol. The predicted octanol–water partition coefficient (Wildman–Crippen LogP) is 2.48. The monoisotopic (exact) mass is 242 g/mol. The molecule has 0 spiro atoms. The lowest BCUT2D eigenvalue weighted by Gasteiger charge is -2.23. The molecular formula is C11H15O4P. The van der Waals surface area contributed by atoms with E-state index in [1.165, 1.54) is 20.3 Å². The van der Waals surface area contributed by atoms with Crippen molar-refractivity contribution < 1.29 is 18.4 Å². The van der Waals surface area contributed by atoms with Crippen molar-refractivity contribution in [3.8, 4) is 0 Å². The van der Waals surface area contributed by atoms with Gasteiger partial charge in [0, 0.05) is 26.2 Å². The Bertz CT molecular complexity index is 387. The van der Waals surface area contributed by atoms with E-state index in [1.54, 1.807) is 18.2 Å². The Kier molecular flexibility index (Phi) is 4.42. The molecule has 0 saturated heterocycles. The zero-order chi connectivity index (χ0) is 12.2. The Morgan fingerprint density at radius 3 is 2.56 bits per heavy atom. The van der Waals surface area contributed by atoms with Gasteiger partial charge < -0.3 is 9.05 Å². The van der Waals surface area contributed by atoms with Crippen molar-refractivity contribution in [2.24, 2.45) is 0 Å². The Morgan fingerprint density at radius 1 is 1.50 bits per heavy atom. The van der Waals surface area contributed by atoms with E-state index >= 15 is 0 Å². The Balaban J connectivity index is 3.11. The van der Waals surface area contributed by atoms with E-state index in [2.05, 4.69) is 6.58 Å². The van der Waals surface area contributed by atoms with Crippen LogP contribution < -0.4 is 0 Å². The molecular weight excluding hydrogens is 227 g/mol. The van der Waals surface area contributed by atoms with Crippen molar-refractivity contribution >= 4 is 13.4 Å². The molecule has 0 radical (unpaired) electrons. The topological polar surface area (TPSA) is 52.6 Å². The summed E-state index contributed by atoms with van der Waals surface area (Å²) in [6.45, 7) is 3.58. The van der Waals surface area contributed by atoms with Crippen LogP contribution in [-0.2, 0) is 18.4 Å². The van der Waals surface area contributed by atoms with Crippen LogP contribution in [0.15, 0.2) is 36.5 Å². The van der Waals surface area contributed by atoms with Crippen molar-refractivity contribution in [2.45, 2.75) is 12.1 Å². The molecule has 16 heavy (non-hydrogen) atoms. The molecule has 1 unspecified atom stereocenters. The third-order valence-corrected chi connectivity index (χ3v) is 4.62. The van der Waals surface area contributed by atoms with Crippen LogP contribution in [0.4, 0.5) is 0 Å². The van der Waals surface area contributed by atoms with Crippen LogP contribution in [0.1, 0.15) is 6.42 Å². The lowest BCUT2D eigenvalue weighted by Crippen LogP contribution is -2.19. The van der Waals surface area contributed by atoms with Crippen molar-refractivity contribution in [2.75, 3.05) is 14.2 Å². The van der Waals surface area contributed by atoms with Gasteiger partial charge in [-0.25, -0.2) is 0 Å². The molecule has 1 aliphatic rings. The highest BCUT2D eigenvalue weighted by molar-refractivity contribution is 7.55. The zero-order valence-corrected chi connectivity index (χ0v) is 10.3. The zero-order valence-electron chi connectivity index (χ0n) is 9.38. The second-order valence-electron chi connectivity index (χ2n) is 3.26. The summed E-state index contributed by atoms with van der Waals surface area (Å²) in [5.41, 5.74) is -0.288. The van der Waals surface area contributed by atoms with Crippen molar-refractivity contribution in [1.29, 1.82) is 0 Å². The van der Waals surface area contributed by atoms with Crippen LogP contribution in [0.2, 0.25) is 0 Å². The lowest BCUT2D eigenvalue weighted by molar-refractivity contribution is -0.115. The fourth-order valence-electron chi connectivity index (χ4n) is 1.55. The molecule has 0 amide bonds. The standard InChI is InChI=1S/C11H15O4P/c1-4-11(16(13,14-2)15-3)9-7-5-6-8-10(9)12/h4-7,11H,1,8H2,2-3H3. The highest BCUT2D eigenvalue weighted by atomic mass is 31.2. The van der Waals surface area contributed by atoms with Gasteiger partial charge in [-0.05, 0) is 0 Å². The summed E-state index contributed by atoms with van der Waals surface area (Å²) in [4.78, 5) is 11.7. The molecule has 1 atom stereocenters. The van der Waals surface area contributed by atoms with E-state index in [4.69, 9.17) is 9.05 Å². The van der Waals surface area contributed by atoms with E-state index in [-0.39, 0.29) is 5.78 Å². The molecule has 0 aliphatic heterocycles. The van der Waals surface area contributed by atoms with E-state index in [9.17, 15) is 9.36 Å². The van der Waals surface area contributed by atoms with Gasteiger partial charge in [-0.15, -0.1) is 6.58 Å². The van der Waals surface area contributed by atoms with E-state index < -0.39 is 13.3 Å². The minimum atomic E-state index is -3.34. The largest absolute Gasteiger partial charge is 0.341 e. The van der Waals surface area contributed by atoms with E-state index in [0.29, 0.717) is 12.0 Å². The van der Waals surface area contributed by atoms with Gasteiger partial charge in [0.2, 0.25) is 0 Å². The molecule has 88 valence electrons. The van der Waals surface area contributed by atoms with Gasteiger partial charge in [-0.2, -0.15) is 0 Å². The molecule has 0 aromatic carbocycles. The number of hydrogen-bond acceptors (Lipinski definition) is 4. The summed E-state index contributed by atoms with van der Waals surface area (Å²) < 4.78 is 22.0. The van der Waals surface area contributed by atoms with Gasteiger partial charge in [-0.1, -0.05) is 24.3 Å². The summed E-state index contributed by atoms with van der Waals surface area (Å²) in [5, 5.41) is 0. The maximum atomic E-state index is 12.2. The summed E-state index contributed by atoms with van der Waals surface area (Å²) in [6.07, 6.45) is 6.86. The van der Waals surface area contributed by atoms with Crippen molar-refractivity contribution in [1.82, 2.24) is 0 Å². The minimum Gasteiger partial charge on any atom is -0.311 e. The molecule has 0 fully saturated rings. The second-order valence-corrected chi connectivity index (χ2v) is 5.63. The fourth-order valence-corrected chi connectivity index (χ4v) is 2.98. The number of carbonyl (C=O) groups is 1. The number of carbonyl (C=O) groups excluding carboxylic acids is 1. The summed E-state index contributed by atoms with van der Waals surface area (Å²) in [5.74, 6) is -0.0817. The van der Waals surface area contributed by atoms with Crippen LogP contribution >= 0.6 is 7.60 Å². The maximum absolute atomic E-state index is 12.2. The Morgan fingerprint density at radius 2 is 2.12 bits per heavy atom. The normalized spacial score (nSPS) is 18.1.